The fraction of sp³-hybridized carbons (Fsp3) is 0.400. The summed E-state index contributed by atoms with van der Waals surface area (Å²) in [6.07, 6.45) is 1.05. The van der Waals surface area contributed by atoms with Crippen molar-refractivity contribution in [2.45, 2.75) is 40.2 Å². The molecule has 0 heterocycles. The maximum absolute atomic E-state index is 6.23. The van der Waals surface area contributed by atoms with E-state index in [0.29, 0.717) is 0 Å². The molecule has 2 heteroatoms. The molecule has 0 fully saturated rings. The summed E-state index contributed by atoms with van der Waals surface area (Å²) >= 11 is 0. The number of hydrogen-bond acceptors (Lipinski definition) is 2. The molecule has 0 bridgehead atoms. The predicted octanol–water partition coefficient (Wildman–Crippen LogP) is 5.48. The van der Waals surface area contributed by atoms with E-state index < -0.39 is 0 Å². The zero-order valence-corrected chi connectivity index (χ0v) is 14.1. The Balaban J connectivity index is 2.32. The lowest BCUT2D eigenvalue weighted by Gasteiger charge is -2.39. The van der Waals surface area contributed by atoms with Gasteiger partial charge in [-0.05, 0) is 29.5 Å². The summed E-state index contributed by atoms with van der Waals surface area (Å²) in [5.74, 6) is 0.890. The number of nitrogens with zero attached hydrogens (tertiary/aromatic N) is 1. The van der Waals surface area contributed by atoms with Gasteiger partial charge in [0.1, 0.15) is 5.75 Å². The highest BCUT2D eigenvalue weighted by atomic mass is 16.7. The van der Waals surface area contributed by atoms with Gasteiger partial charge in [-0.25, -0.2) is 0 Å². The second-order valence-electron chi connectivity index (χ2n) is 6.72. The van der Waals surface area contributed by atoms with Crippen LogP contribution >= 0.6 is 0 Å². The first kappa shape index (κ1) is 16.6. The number of hydrogen-bond donors (Lipinski definition) is 0. The van der Waals surface area contributed by atoms with Crippen LogP contribution in [0.2, 0.25) is 0 Å². The van der Waals surface area contributed by atoms with E-state index in [2.05, 4.69) is 63.1 Å². The van der Waals surface area contributed by atoms with E-state index in [1.54, 1.807) is 0 Å². The van der Waals surface area contributed by atoms with E-state index in [1.807, 2.05) is 30.3 Å². The Hall–Kier alpha value is -1.80. The minimum atomic E-state index is 0.0747. The van der Waals surface area contributed by atoms with Crippen molar-refractivity contribution in [1.29, 1.82) is 0 Å². The predicted molar refractivity (Wildman–Crippen MR) is 92.7 cm³/mol. The van der Waals surface area contributed by atoms with Crippen molar-refractivity contribution in [3.8, 4) is 5.75 Å². The average Bonchev–Trinajstić information content (AvgIpc) is 2.48. The van der Waals surface area contributed by atoms with E-state index in [1.165, 1.54) is 5.56 Å². The molecule has 0 spiro atoms. The molecular weight excluding hydrogens is 270 g/mol. The second kappa shape index (κ2) is 7.46. The van der Waals surface area contributed by atoms with Crippen LogP contribution in [0.15, 0.2) is 60.7 Å². The van der Waals surface area contributed by atoms with Crippen LogP contribution in [0, 0.1) is 5.41 Å². The van der Waals surface area contributed by atoms with Crippen LogP contribution in [0.25, 0.3) is 0 Å². The zero-order valence-electron chi connectivity index (χ0n) is 14.1. The van der Waals surface area contributed by atoms with Gasteiger partial charge in [-0.2, -0.15) is 0 Å². The van der Waals surface area contributed by atoms with Crippen molar-refractivity contribution in [2.24, 2.45) is 5.41 Å². The Morgan fingerprint density at radius 3 is 1.95 bits per heavy atom. The van der Waals surface area contributed by atoms with E-state index in [0.717, 1.165) is 18.7 Å². The quantitative estimate of drug-likeness (QED) is 0.655. The summed E-state index contributed by atoms with van der Waals surface area (Å²) in [5.41, 5.74) is 1.37. The van der Waals surface area contributed by atoms with Gasteiger partial charge in [0, 0.05) is 6.54 Å². The molecule has 0 saturated carbocycles. The van der Waals surface area contributed by atoms with Gasteiger partial charge in [-0.1, -0.05) is 76.2 Å². The van der Waals surface area contributed by atoms with E-state index in [9.17, 15) is 0 Å². The molecule has 22 heavy (non-hydrogen) atoms. The van der Waals surface area contributed by atoms with E-state index >= 15 is 0 Å². The molecule has 0 saturated heterocycles. The normalized spacial score (nSPS) is 13.1. The summed E-state index contributed by atoms with van der Waals surface area (Å²) in [4.78, 5) is 6.23. The van der Waals surface area contributed by atoms with Gasteiger partial charge in [0.2, 0.25) is 0 Å². The van der Waals surface area contributed by atoms with Gasteiger partial charge in [0.15, 0.2) is 0 Å². The lowest BCUT2D eigenvalue weighted by molar-refractivity contribution is -0.128. The maximum Gasteiger partial charge on any atom is 0.147 e. The Kier molecular flexibility index (Phi) is 5.62. The van der Waals surface area contributed by atoms with Crippen molar-refractivity contribution >= 4 is 0 Å². The highest BCUT2D eigenvalue weighted by Crippen LogP contribution is 2.38. The third kappa shape index (κ3) is 4.35. The number of para-hydroxylation sites is 1. The molecule has 118 valence electrons. The van der Waals surface area contributed by atoms with Gasteiger partial charge >= 0.3 is 0 Å². The largest absolute Gasteiger partial charge is 0.405 e. The first-order valence-electron chi connectivity index (χ1n) is 8.07. The lowest BCUT2D eigenvalue weighted by atomic mass is 9.82. The molecule has 2 aromatic rings. The van der Waals surface area contributed by atoms with Crippen LogP contribution in [-0.2, 0) is 0 Å². The van der Waals surface area contributed by atoms with Crippen LogP contribution in [-0.4, -0.2) is 11.6 Å². The highest BCUT2D eigenvalue weighted by Gasteiger charge is 2.33. The summed E-state index contributed by atoms with van der Waals surface area (Å²) in [7, 11) is 0. The molecule has 2 aromatic carbocycles. The Labute approximate surface area is 134 Å². The fourth-order valence-corrected chi connectivity index (χ4v) is 2.80. The molecule has 0 aliphatic heterocycles. The SMILES string of the molecule is CCCN(Oc1ccccc1)C(c1ccccc1)C(C)(C)C. The number of hydroxylamine groups is 2. The van der Waals surface area contributed by atoms with Crippen LogP contribution in [0.1, 0.15) is 45.7 Å². The molecule has 1 unspecified atom stereocenters. The van der Waals surface area contributed by atoms with Gasteiger partial charge in [0.25, 0.3) is 0 Å². The Bertz CT molecular complexity index is 545. The second-order valence-corrected chi connectivity index (χ2v) is 6.72. The molecule has 0 amide bonds. The van der Waals surface area contributed by atoms with E-state index in [-0.39, 0.29) is 11.5 Å². The van der Waals surface area contributed by atoms with Gasteiger partial charge < -0.3 is 4.84 Å². The maximum atomic E-state index is 6.23. The molecule has 1 atom stereocenters. The van der Waals surface area contributed by atoms with Crippen molar-refractivity contribution in [2.75, 3.05) is 6.54 Å². The van der Waals surface area contributed by atoms with Crippen LogP contribution in [0.4, 0.5) is 0 Å². The van der Waals surface area contributed by atoms with Crippen molar-refractivity contribution < 1.29 is 4.84 Å². The number of rotatable bonds is 6. The van der Waals surface area contributed by atoms with Crippen molar-refractivity contribution in [3.63, 3.8) is 0 Å². The molecule has 0 radical (unpaired) electrons. The average molecular weight is 297 g/mol. The standard InChI is InChI=1S/C20H27NO/c1-5-16-21(22-18-14-10-7-11-15-18)19(20(2,3)4)17-12-8-6-9-13-17/h6-15,19H,5,16H2,1-4H3. The van der Waals surface area contributed by atoms with Gasteiger partial charge in [-0.15, -0.1) is 5.06 Å². The van der Waals surface area contributed by atoms with Crippen LogP contribution in [0.5, 0.6) is 5.75 Å². The third-order valence-electron chi connectivity index (χ3n) is 3.63. The number of benzene rings is 2. The monoisotopic (exact) mass is 297 g/mol. The summed E-state index contributed by atoms with van der Waals surface area (Å²) in [6, 6.07) is 20.9. The summed E-state index contributed by atoms with van der Waals surface area (Å²) in [5, 5.41) is 2.13. The Morgan fingerprint density at radius 1 is 0.909 bits per heavy atom. The van der Waals surface area contributed by atoms with Crippen molar-refractivity contribution in [3.05, 3.63) is 66.2 Å². The molecule has 0 aliphatic rings. The topological polar surface area (TPSA) is 12.5 Å². The van der Waals surface area contributed by atoms with E-state index in [4.69, 9.17) is 4.84 Å². The minimum absolute atomic E-state index is 0.0747. The van der Waals surface area contributed by atoms with Crippen LogP contribution in [0.3, 0.4) is 0 Å². The van der Waals surface area contributed by atoms with Gasteiger partial charge in [0.05, 0.1) is 6.04 Å². The fourth-order valence-electron chi connectivity index (χ4n) is 2.80. The molecule has 2 nitrogen and oxygen atoms in total. The summed E-state index contributed by atoms with van der Waals surface area (Å²) in [6.45, 7) is 9.88. The Morgan fingerprint density at radius 2 is 1.45 bits per heavy atom. The summed E-state index contributed by atoms with van der Waals surface area (Å²) < 4.78 is 0. The first-order valence-corrected chi connectivity index (χ1v) is 8.07. The zero-order chi connectivity index (χ0) is 16.0. The first-order chi connectivity index (χ1) is 10.5. The highest BCUT2D eigenvalue weighted by molar-refractivity contribution is 5.23. The lowest BCUT2D eigenvalue weighted by Crippen LogP contribution is -2.39. The molecule has 2 rings (SSSR count). The van der Waals surface area contributed by atoms with Gasteiger partial charge in [-0.3, -0.25) is 0 Å². The molecule has 0 aromatic heterocycles. The minimum Gasteiger partial charge on any atom is -0.405 e. The molecule has 0 aliphatic carbocycles. The smallest absolute Gasteiger partial charge is 0.147 e. The van der Waals surface area contributed by atoms with Crippen molar-refractivity contribution in [1.82, 2.24) is 5.06 Å². The molecule has 0 N–H and O–H groups in total. The van der Waals surface area contributed by atoms with Crippen LogP contribution < -0.4 is 4.84 Å². The molecular formula is C20H27NO. The third-order valence-corrected chi connectivity index (χ3v) is 3.63.